The zero-order valence-corrected chi connectivity index (χ0v) is 10.8. The minimum absolute atomic E-state index is 0.00733. The van der Waals surface area contributed by atoms with E-state index < -0.39 is 4.92 Å². The molecule has 1 aliphatic heterocycles. The predicted octanol–water partition coefficient (Wildman–Crippen LogP) is 2.14. The molecular weight excluding hydrogens is 313 g/mol. The first kappa shape index (κ1) is 12.3. The van der Waals surface area contributed by atoms with Crippen molar-refractivity contribution in [3.8, 4) is 0 Å². The summed E-state index contributed by atoms with van der Waals surface area (Å²) in [4.78, 5) is 27.1. The molecule has 1 fully saturated rings. The predicted molar refractivity (Wildman–Crippen MR) is 65.6 cm³/mol. The zero-order valence-electron chi connectivity index (χ0n) is 8.47. The Morgan fingerprint density at radius 3 is 2.88 bits per heavy atom. The fourth-order valence-corrected chi connectivity index (χ4v) is 2.35. The van der Waals surface area contributed by atoms with Crippen LogP contribution in [0.3, 0.4) is 0 Å². The van der Waals surface area contributed by atoms with Crippen LogP contribution in [0.2, 0.25) is 5.02 Å². The van der Waals surface area contributed by atoms with Crippen molar-refractivity contribution in [1.29, 1.82) is 0 Å². The number of anilines is 1. The third-order valence-electron chi connectivity index (χ3n) is 2.34. The first-order valence-electron chi connectivity index (χ1n) is 4.73. The Labute approximate surface area is 110 Å². The number of carbonyl (C=O) groups excluding carboxylic acids is 1. The standard InChI is InChI=1S/C9H7BrClN3O3/c10-5-1-8(15)13(4-5)9-7(14(16)17)2-6(11)3-12-9/h2-3,5H,1,4H2. The van der Waals surface area contributed by atoms with Crippen LogP contribution in [0.5, 0.6) is 0 Å². The Bertz CT molecular complexity index is 496. The highest BCUT2D eigenvalue weighted by Crippen LogP contribution is 2.32. The van der Waals surface area contributed by atoms with Crippen LogP contribution < -0.4 is 4.90 Å². The smallest absolute Gasteiger partial charge is 0.290 e. The third kappa shape index (κ3) is 2.39. The Hall–Kier alpha value is -1.21. The van der Waals surface area contributed by atoms with Gasteiger partial charge in [-0.05, 0) is 0 Å². The molecule has 0 radical (unpaired) electrons. The van der Waals surface area contributed by atoms with Crippen molar-refractivity contribution < 1.29 is 9.72 Å². The molecule has 0 saturated carbocycles. The first-order valence-corrected chi connectivity index (χ1v) is 6.03. The fraction of sp³-hybridized carbons (Fsp3) is 0.333. The second kappa shape index (κ2) is 4.58. The number of pyridine rings is 1. The van der Waals surface area contributed by atoms with E-state index in [9.17, 15) is 14.9 Å². The number of hydrogen-bond donors (Lipinski definition) is 0. The molecule has 2 heterocycles. The average molecular weight is 321 g/mol. The third-order valence-corrected chi connectivity index (χ3v) is 3.16. The molecule has 0 N–H and O–H groups in total. The average Bonchev–Trinajstić information content (AvgIpc) is 2.57. The Kier molecular flexibility index (Phi) is 3.30. The summed E-state index contributed by atoms with van der Waals surface area (Å²) in [7, 11) is 0. The van der Waals surface area contributed by atoms with Crippen LogP contribution in [0, 0.1) is 10.1 Å². The summed E-state index contributed by atoms with van der Waals surface area (Å²) in [6, 6.07) is 1.19. The lowest BCUT2D eigenvalue weighted by Gasteiger charge is -2.14. The molecule has 1 aromatic rings. The van der Waals surface area contributed by atoms with Gasteiger partial charge in [0.25, 0.3) is 0 Å². The molecule has 8 heteroatoms. The Balaban J connectivity index is 2.45. The summed E-state index contributed by atoms with van der Waals surface area (Å²) in [6.45, 7) is 0.369. The number of alkyl halides is 1. The van der Waals surface area contributed by atoms with Crippen LogP contribution >= 0.6 is 27.5 Å². The highest BCUT2D eigenvalue weighted by atomic mass is 79.9. The fourth-order valence-electron chi connectivity index (χ4n) is 1.63. The number of amides is 1. The second-order valence-corrected chi connectivity index (χ2v) is 5.29. The monoisotopic (exact) mass is 319 g/mol. The van der Waals surface area contributed by atoms with Crippen LogP contribution in [0.25, 0.3) is 0 Å². The van der Waals surface area contributed by atoms with Crippen molar-refractivity contribution in [1.82, 2.24) is 4.98 Å². The van der Waals surface area contributed by atoms with Crippen LogP contribution in [-0.2, 0) is 4.79 Å². The van der Waals surface area contributed by atoms with E-state index in [1.807, 2.05) is 0 Å². The number of nitrogens with zero attached hydrogens (tertiary/aromatic N) is 3. The van der Waals surface area contributed by atoms with Crippen molar-refractivity contribution in [2.24, 2.45) is 0 Å². The first-order chi connectivity index (χ1) is 7.99. The SMILES string of the molecule is O=C1CC(Br)CN1c1ncc(Cl)cc1[N+](=O)[O-]. The molecule has 1 aromatic heterocycles. The molecule has 0 spiro atoms. The summed E-state index contributed by atoms with van der Waals surface area (Å²) in [6.07, 6.45) is 1.60. The highest BCUT2D eigenvalue weighted by Gasteiger charge is 2.34. The number of rotatable bonds is 2. The van der Waals surface area contributed by atoms with Crippen LogP contribution in [-0.4, -0.2) is 27.2 Å². The Morgan fingerprint density at radius 2 is 2.35 bits per heavy atom. The second-order valence-electron chi connectivity index (χ2n) is 3.56. The van der Waals surface area contributed by atoms with Gasteiger partial charge in [-0.2, -0.15) is 0 Å². The molecule has 0 bridgehead atoms. The van der Waals surface area contributed by atoms with Crippen LogP contribution in [0.4, 0.5) is 11.5 Å². The van der Waals surface area contributed by atoms with Crippen molar-refractivity contribution in [3.63, 3.8) is 0 Å². The van der Waals surface area contributed by atoms with E-state index in [1.54, 1.807) is 0 Å². The van der Waals surface area contributed by atoms with Crippen molar-refractivity contribution in [3.05, 3.63) is 27.4 Å². The van der Waals surface area contributed by atoms with E-state index in [1.165, 1.54) is 17.2 Å². The number of halogens is 2. The maximum Gasteiger partial charge on any atom is 0.313 e. The number of aromatic nitrogens is 1. The van der Waals surface area contributed by atoms with Gasteiger partial charge in [-0.25, -0.2) is 4.98 Å². The van der Waals surface area contributed by atoms with Gasteiger partial charge in [-0.15, -0.1) is 0 Å². The maximum atomic E-state index is 11.6. The van der Waals surface area contributed by atoms with Gasteiger partial charge in [0.2, 0.25) is 11.7 Å². The minimum atomic E-state index is -0.594. The maximum absolute atomic E-state index is 11.6. The molecule has 1 amide bonds. The molecule has 0 aromatic carbocycles. The molecule has 1 atom stereocenters. The van der Waals surface area contributed by atoms with Crippen LogP contribution in [0.1, 0.15) is 6.42 Å². The van der Waals surface area contributed by atoms with Gasteiger partial charge in [-0.3, -0.25) is 19.8 Å². The van der Waals surface area contributed by atoms with Gasteiger partial charge in [-0.1, -0.05) is 27.5 Å². The molecule has 1 unspecified atom stereocenters. The largest absolute Gasteiger partial charge is 0.313 e. The van der Waals surface area contributed by atoms with E-state index in [2.05, 4.69) is 20.9 Å². The lowest BCUT2D eigenvalue weighted by molar-refractivity contribution is -0.384. The molecule has 1 aliphatic rings. The van der Waals surface area contributed by atoms with Crippen molar-refractivity contribution >= 4 is 44.9 Å². The summed E-state index contributed by atoms with van der Waals surface area (Å²) >= 11 is 8.96. The molecule has 90 valence electrons. The van der Waals surface area contributed by atoms with Gasteiger partial charge in [0.05, 0.1) is 9.95 Å². The molecule has 2 rings (SSSR count). The van der Waals surface area contributed by atoms with Gasteiger partial charge in [0, 0.05) is 30.1 Å². The molecular formula is C9H7BrClN3O3. The van der Waals surface area contributed by atoms with Gasteiger partial charge < -0.3 is 0 Å². The van der Waals surface area contributed by atoms with E-state index >= 15 is 0 Å². The van der Waals surface area contributed by atoms with Crippen molar-refractivity contribution in [2.45, 2.75) is 11.2 Å². The molecule has 6 nitrogen and oxygen atoms in total. The number of hydrogen-bond acceptors (Lipinski definition) is 4. The molecule has 0 aliphatic carbocycles. The quantitative estimate of drug-likeness (QED) is 0.475. The highest BCUT2D eigenvalue weighted by molar-refractivity contribution is 9.09. The summed E-state index contributed by atoms with van der Waals surface area (Å²) in [5.41, 5.74) is -0.257. The molecule has 1 saturated heterocycles. The molecule has 17 heavy (non-hydrogen) atoms. The van der Waals surface area contributed by atoms with Gasteiger partial charge >= 0.3 is 5.69 Å². The lowest BCUT2D eigenvalue weighted by atomic mass is 10.3. The van der Waals surface area contributed by atoms with Crippen LogP contribution in [0.15, 0.2) is 12.3 Å². The van der Waals surface area contributed by atoms with E-state index in [-0.39, 0.29) is 27.3 Å². The van der Waals surface area contributed by atoms with E-state index in [0.717, 1.165) is 0 Å². The number of carbonyl (C=O) groups is 1. The van der Waals surface area contributed by atoms with Crippen molar-refractivity contribution in [2.75, 3.05) is 11.4 Å². The van der Waals surface area contributed by atoms with E-state index in [0.29, 0.717) is 13.0 Å². The normalized spacial score (nSPS) is 19.8. The van der Waals surface area contributed by atoms with E-state index in [4.69, 9.17) is 11.6 Å². The Morgan fingerprint density at radius 1 is 1.65 bits per heavy atom. The lowest BCUT2D eigenvalue weighted by Crippen LogP contribution is -2.26. The summed E-state index contributed by atoms with van der Waals surface area (Å²) in [5, 5.41) is 11.0. The minimum Gasteiger partial charge on any atom is -0.290 e. The number of nitro groups is 1. The van der Waals surface area contributed by atoms with Gasteiger partial charge in [0.1, 0.15) is 0 Å². The zero-order chi connectivity index (χ0) is 12.6. The topological polar surface area (TPSA) is 76.3 Å². The summed E-state index contributed by atoms with van der Waals surface area (Å²) in [5.74, 6) is -0.142. The summed E-state index contributed by atoms with van der Waals surface area (Å²) < 4.78 is 0. The van der Waals surface area contributed by atoms with Gasteiger partial charge in [0.15, 0.2) is 0 Å².